The van der Waals surface area contributed by atoms with Crippen LogP contribution in [0.1, 0.15) is 37.8 Å². The number of thioether (sulfide) groups is 1. The van der Waals surface area contributed by atoms with Crippen molar-refractivity contribution in [3.63, 3.8) is 0 Å². The Balaban J connectivity index is 1.77. The van der Waals surface area contributed by atoms with Crippen molar-refractivity contribution in [1.29, 1.82) is 0 Å². The molecular formula is C16H24N2OS. The van der Waals surface area contributed by atoms with Crippen LogP contribution in [0.25, 0.3) is 0 Å². The minimum Gasteiger partial charge on any atom is -0.374 e. The molecule has 2 fully saturated rings. The molecule has 0 bridgehead atoms. The Bertz CT molecular complexity index is 420. The summed E-state index contributed by atoms with van der Waals surface area (Å²) in [5.41, 5.74) is 1.53. The number of nitrogens with one attached hydrogen (secondary N) is 1. The van der Waals surface area contributed by atoms with E-state index in [9.17, 15) is 0 Å². The molecule has 3 unspecified atom stereocenters. The molecule has 0 saturated carbocycles. The van der Waals surface area contributed by atoms with E-state index in [2.05, 4.69) is 29.4 Å². The van der Waals surface area contributed by atoms with Crippen molar-refractivity contribution in [1.82, 2.24) is 10.3 Å². The Hall–Kier alpha value is -0.580. The summed E-state index contributed by atoms with van der Waals surface area (Å²) in [6.45, 7) is 4.11. The van der Waals surface area contributed by atoms with Crippen LogP contribution in [0.5, 0.6) is 0 Å². The van der Waals surface area contributed by atoms with Gasteiger partial charge in [0.2, 0.25) is 0 Å². The molecule has 3 rings (SSSR count). The van der Waals surface area contributed by atoms with Crippen LogP contribution in [0.15, 0.2) is 24.5 Å². The highest BCUT2D eigenvalue weighted by molar-refractivity contribution is 7.99. The lowest BCUT2D eigenvalue weighted by Crippen LogP contribution is -2.43. The smallest absolute Gasteiger partial charge is 0.0783 e. The third-order valence-electron chi connectivity index (χ3n) is 4.56. The van der Waals surface area contributed by atoms with Crippen LogP contribution in [-0.2, 0) is 4.74 Å². The Labute approximate surface area is 125 Å². The molecule has 1 aromatic rings. The van der Waals surface area contributed by atoms with Crippen LogP contribution in [0.3, 0.4) is 0 Å². The van der Waals surface area contributed by atoms with Crippen LogP contribution in [0.4, 0.5) is 0 Å². The molecule has 4 heteroatoms. The number of hydrogen-bond acceptors (Lipinski definition) is 4. The van der Waals surface area contributed by atoms with Gasteiger partial charge in [0.25, 0.3) is 0 Å². The first-order valence-electron chi connectivity index (χ1n) is 7.68. The molecule has 0 aliphatic carbocycles. The van der Waals surface area contributed by atoms with Crippen LogP contribution in [0.2, 0.25) is 0 Å². The second kappa shape index (κ2) is 6.46. The second-order valence-corrected chi connectivity index (χ2v) is 7.01. The van der Waals surface area contributed by atoms with Crippen LogP contribution in [0, 0.1) is 5.92 Å². The summed E-state index contributed by atoms with van der Waals surface area (Å²) >= 11 is 2.05. The van der Waals surface area contributed by atoms with Crippen molar-refractivity contribution in [3.05, 3.63) is 30.1 Å². The number of aromatic nitrogens is 1. The van der Waals surface area contributed by atoms with Crippen LogP contribution >= 0.6 is 11.8 Å². The Morgan fingerprint density at radius 3 is 3.05 bits per heavy atom. The van der Waals surface area contributed by atoms with E-state index in [1.165, 1.54) is 29.9 Å². The molecule has 1 spiro atoms. The quantitative estimate of drug-likeness (QED) is 0.925. The average molecular weight is 292 g/mol. The highest BCUT2D eigenvalue weighted by Gasteiger charge is 2.42. The Morgan fingerprint density at radius 1 is 1.50 bits per heavy atom. The molecule has 0 amide bonds. The third-order valence-corrected chi connectivity index (χ3v) is 5.78. The van der Waals surface area contributed by atoms with Gasteiger partial charge in [0.15, 0.2) is 0 Å². The van der Waals surface area contributed by atoms with E-state index in [-0.39, 0.29) is 5.60 Å². The first-order valence-corrected chi connectivity index (χ1v) is 8.83. The molecule has 1 N–H and O–H groups in total. The second-order valence-electron chi connectivity index (χ2n) is 5.90. The lowest BCUT2D eigenvalue weighted by atomic mass is 9.79. The van der Waals surface area contributed by atoms with Gasteiger partial charge in [0.05, 0.1) is 5.60 Å². The average Bonchev–Trinajstić information content (AvgIpc) is 2.93. The molecule has 0 aromatic carbocycles. The normalized spacial score (nSPS) is 31.6. The van der Waals surface area contributed by atoms with Crippen molar-refractivity contribution in [2.75, 3.05) is 24.7 Å². The third kappa shape index (κ3) is 3.02. The standard InChI is InChI=1S/C16H24N2OS/c1-2-18-15(13-3-7-17-8-4-13)14-5-9-19-16(11-14)6-10-20-12-16/h3-4,7-8,14-15,18H,2,5-6,9-12H2,1H3. The summed E-state index contributed by atoms with van der Waals surface area (Å²) < 4.78 is 6.16. The lowest BCUT2D eigenvalue weighted by Gasteiger charge is -2.41. The van der Waals surface area contributed by atoms with Crippen molar-refractivity contribution in [2.24, 2.45) is 5.92 Å². The maximum Gasteiger partial charge on any atom is 0.0783 e. The van der Waals surface area contributed by atoms with Gasteiger partial charge in [0.1, 0.15) is 0 Å². The zero-order valence-electron chi connectivity index (χ0n) is 12.2. The molecule has 1 aromatic heterocycles. The number of hydrogen-bond donors (Lipinski definition) is 1. The van der Waals surface area contributed by atoms with Gasteiger partial charge in [-0.1, -0.05) is 6.92 Å². The van der Waals surface area contributed by atoms with Crippen molar-refractivity contribution < 1.29 is 4.74 Å². The van der Waals surface area contributed by atoms with E-state index in [1.54, 1.807) is 0 Å². The predicted octanol–water partition coefficient (Wildman–Crippen LogP) is 3.03. The van der Waals surface area contributed by atoms with Gasteiger partial charge < -0.3 is 10.1 Å². The Kier molecular flexibility index (Phi) is 4.64. The maximum atomic E-state index is 6.16. The fourth-order valence-corrected chi connectivity index (χ4v) is 4.94. The first-order chi connectivity index (χ1) is 9.83. The lowest BCUT2D eigenvalue weighted by molar-refractivity contribution is -0.0853. The van der Waals surface area contributed by atoms with Crippen LogP contribution in [-0.4, -0.2) is 35.2 Å². The van der Waals surface area contributed by atoms with Gasteiger partial charge in [-0.15, -0.1) is 0 Å². The summed E-state index contributed by atoms with van der Waals surface area (Å²) in [6, 6.07) is 4.74. The molecule has 3 nitrogen and oxygen atoms in total. The SMILES string of the molecule is CCNC(c1ccncc1)C1CCOC2(CCSC2)C1. The highest BCUT2D eigenvalue weighted by atomic mass is 32.2. The van der Waals surface area contributed by atoms with Crippen LogP contribution < -0.4 is 5.32 Å². The van der Waals surface area contributed by atoms with Gasteiger partial charge >= 0.3 is 0 Å². The largest absolute Gasteiger partial charge is 0.374 e. The van der Waals surface area contributed by atoms with E-state index in [0.717, 1.165) is 19.6 Å². The molecule has 3 heterocycles. The first kappa shape index (κ1) is 14.4. The molecule has 0 radical (unpaired) electrons. The van der Waals surface area contributed by atoms with Crippen molar-refractivity contribution in [3.8, 4) is 0 Å². The van der Waals surface area contributed by atoms with Gasteiger partial charge in [-0.05, 0) is 55.2 Å². The van der Waals surface area contributed by atoms with E-state index in [1.807, 2.05) is 24.2 Å². The molecular weight excluding hydrogens is 268 g/mol. The molecule has 3 atom stereocenters. The fourth-order valence-electron chi connectivity index (χ4n) is 3.56. The van der Waals surface area contributed by atoms with E-state index >= 15 is 0 Å². The Morgan fingerprint density at radius 2 is 2.35 bits per heavy atom. The monoisotopic (exact) mass is 292 g/mol. The van der Waals surface area contributed by atoms with E-state index in [4.69, 9.17) is 4.74 Å². The summed E-state index contributed by atoms with van der Waals surface area (Å²) in [6.07, 6.45) is 7.39. The summed E-state index contributed by atoms with van der Waals surface area (Å²) in [5, 5.41) is 3.68. The zero-order chi connectivity index (χ0) is 13.8. The summed E-state index contributed by atoms with van der Waals surface area (Å²) in [5.74, 6) is 3.11. The van der Waals surface area contributed by atoms with E-state index in [0.29, 0.717) is 12.0 Å². The van der Waals surface area contributed by atoms with Crippen molar-refractivity contribution >= 4 is 11.8 Å². The van der Waals surface area contributed by atoms with E-state index < -0.39 is 0 Å². The van der Waals surface area contributed by atoms with Crippen molar-refractivity contribution in [2.45, 2.75) is 37.8 Å². The fraction of sp³-hybridized carbons (Fsp3) is 0.688. The van der Waals surface area contributed by atoms with Gasteiger partial charge in [-0.2, -0.15) is 11.8 Å². The highest BCUT2D eigenvalue weighted by Crippen LogP contribution is 2.43. The molecule has 2 aliphatic heterocycles. The molecule has 2 aliphatic rings. The number of pyridine rings is 1. The number of rotatable bonds is 4. The van der Waals surface area contributed by atoms with Gasteiger partial charge in [-0.3, -0.25) is 4.98 Å². The summed E-state index contributed by atoms with van der Waals surface area (Å²) in [4.78, 5) is 4.15. The predicted molar refractivity (Wildman–Crippen MR) is 84.0 cm³/mol. The summed E-state index contributed by atoms with van der Waals surface area (Å²) in [7, 11) is 0. The topological polar surface area (TPSA) is 34.2 Å². The molecule has 20 heavy (non-hydrogen) atoms. The molecule has 110 valence electrons. The minimum atomic E-state index is 0.161. The maximum absolute atomic E-state index is 6.16. The minimum absolute atomic E-state index is 0.161. The van der Waals surface area contributed by atoms with Gasteiger partial charge in [0, 0.05) is 30.8 Å². The number of ether oxygens (including phenoxy) is 1. The zero-order valence-corrected chi connectivity index (χ0v) is 13.0. The molecule has 2 saturated heterocycles. The van der Waals surface area contributed by atoms with Gasteiger partial charge in [-0.25, -0.2) is 0 Å². The number of nitrogens with zero attached hydrogens (tertiary/aromatic N) is 1.